The van der Waals surface area contributed by atoms with E-state index in [-0.39, 0.29) is 0 Å². The van der Waals surface area contributed by atoms with E-state index in [4.69, 9.17) is 5.73 Å². The third-order valence-electron chi connectivity index (χ3n) is 5.18. The van der Waals surface area contributed by atoms with Gasteiger partial charge in [-0.2, -0.15) is 0 Å². The maximum absolute atomic E-state index is 6.07. The van der Waals surface area contributed by atoms with Crippen molar-refractivity contribution in [1.82, 2.24) is 9.97 Å². The van der Waals surface area contributed by atoms with Gasteiger partial charge < -0.3 is 10.6 Å². The molecule has 0 spiro atoms. The smallest absolute Gasteiger partial charge is 0.181 e. The van der Waals surface area contributed by atoms with Gasteiger partial charge in [0.05, 0.1) is 10.6 Å². The second-order valence-electron chi connectivity index (χ2n) is 7.05. The predicted molar refractivity (Wildman–Crippen MR) is 111 cm³/mol. The minimum absolute atomic E-state index is 0.596. The first kappa shape index (κ1) is 17.0. The van der Waals surface area contributed by atoms with Gasteiger partial charge in [0.15, 0.2) is 5.13 Å². The SMILES string of the molecule is Cc1cccc(-c2nc(N)sc2-c2ccnc(N(C)C3CCCC3)c2)c1. The molecule has 5 heteroatoms. The van der Waals surface area contributed by atoms with Crippen molar-refractivity contribution >= 4 is 22.3 Å². The second kappa shape index (κ2) is 7.08. The lowest BCUT2D eigenvalue weighted by Gasteiger charge is -2.25. The van der Waals surface area contributed by atoms with E-state index in [1.54, 1.807) is 11.3 Å². The van der Waals surface area contributed by atoms with E-state index in [1.165, 1.54) is 31.2 Å². The van der Waals surface area contributed by atoms with Crippen LogP contribution in [0.4, 0.5) is 10.9 Å². The largest absolute Gasteiger partial charge is 0.375 e. The van der Waals surface area contributed by atoms with Crippen LogP contribution in [0.15, 0.2) is 42.6 Å². The minimum atomic E-state index is 0.596. The number of nitrogen functional groups attached to an aromatic ring is 1. The van der Waals surface area contributed by atoms with Gasteiger partial charge in [-0.05, 0) is 43.5 Å². The number of thiazole rings is 1. The molecule has 3 aromatic rings. The molecule has 1 aliphatic carbocycles. The van der Waals surface area contributed by atoms with Gasteiger partial charge in [-0.3, -0.25) is 0 Å². The molecule has 0 bridgehead atoms. The summed E-state index contributed by atoms with van der Waals surface area (Å²) in [6.45, 7) is 2.10. The average Bonchev–Trinajstić information content (AvgIpc) is 3.31. The number of nitrogens with zero attached hydrogens (tertiary/aromatic N) is 3. The average molecular weight is 365 g/mol. The minimum Gasteiger partial charge on any atom is -0.375 e. The molecular weight excluding hydrogens is 340 g/mol. The normalized spacial score (nSPS) is 14.7. The maximum Gasteiger partial charge on any atom is 0.181 e. The van der Waals surface area contributed by atoms with Crippen molar-refractivity contribution in [2.24, 2.45) is 0 Å². The number of nitrogens with two attached hydrogens (primary N) is 1. The molecule has 0 unspecified atom stereocenters. The Hall–Kier alpha value is -2.40. The molecule has 1 aromatic carbocycles. The molecular formula is C21H24N4S. The Kier molecular flexibility index (Phi) is 4.64. The topological polar surface area (TPSA) is 55.0 Å². The molecule has 26 heavy (non-hydrogen) atoms. The van der Waals surface area contributed by atoms with Crippen molar-refractivity contribution < 1.29 is 0 Å². The van der Waals surface area contributed by atoms with Gasteiger partial charge in [0.2, 0.25) is 0 Å². The summed E-state index contributed by atoms with van der Waals surface area (Å²) in [6, 6.07) is 13.2. The highest BCUT2D eigenvalue weighted by Crippen LogP contribution is 2.39. The van der Waals surface area contributed by atoms with Crippen molar-refractivity contribution in [2.75, 3.05) is 17.7 Å². The Morgan fingerprint density at radius 1 is 1.12 bits per heavy atom. The standard InChI is InChI=1S/C21H24N4S/c1-14-6-5-7-15(12-14)19-20(26-21(22)24-19)16-10-11-23-18(13-16)25(2)17-8-3-4-9-17/h5-7,10-13,17H,3-4,8-9H2,1-2H3,(H2,22,24). The zero-order valence-electron chi connectivity index (χ0n) is 15.3. The molecule has 0 aliphatic heterocycles. The fraction of sp³-hybridized carbons (Fsp3) is 0.333. The molecule has 134 valence electrons. The van der Waals surface area contributed by atoms with E-state index < -0.39 is 0 Å². The number of pyridine rings is 1. The van der Waals surface area contributed by atoms with Crippen molar-refractivity contribution in [3.63, 3.8) is 0 Å². The van der Waals surface area contributed by atoms with Crippen LogP contribution in [0.2, 0.25) is 0 Å². The fourth-order valence-electron chi connectivity index (χ4n) is 3.75. The summed E-state index contributed by atoms with van der Waals surface area (Å²) in [5, 5.41) is 0.596. The zero-order chi connectivity index (χ0) is 18.1. The summed E-state index contributed by atoms with van der Waals surface area (Å²) in [5.41, 5.74) is 10.5. The molecule has 2 aromatic heterocycles. The third-order valence-corrected chi connectivity index (χ3v) is 6.11. The molecule has 1 saturated carbocycles. The molecule has 0 amide bonds. The Labute approximate surface area is 158 Å². The summed E-state index contributed by atoms with van der Waals surface area (Å²) in [5.74, 6) is 1.02. The lowest BCUT2D eigenvalue weighted by molar-refractivity contribution is 0.646. The summed E-state index contributed by atoms with van der Waals surface area (Å²) in [7, 11) is 2.16. The van der Waals surface area contributed by atoms with Crippen LogP contribution in [-0.4, -0.2) is 23.1 Å². The zero-order valence-corrected chi connectivity index (χ0v) is 16.1. The van der Waals surface area contributed by atoms with Crippen LogP contribution in [0.3, 0.4) is 0 Å². The number of anilines is 2. The number of hydrogen-bond donors (Lipinski definition) is 1. The van der Waals surface area contributed by atoms with E-state index in [0.717, 1.165) is 27.5 Å². The Morgan fingerprint density at radius 3 is 2.69 bits per heavy atom. The predicted octanol–water partition coefficient (Wildman–Crippen LogP) is 5.14. The van der Waals surface area contributed by atoms with Crippen molar-refractivity contribution in [3.8, 4) is 21.7 Å². The first-order valence-corrected chi connectivity index (χ1v) is 9.96. The van der Waals surface area contributed by atoms with Gasteiger partial charge in [0.1, 0.15) is 5.82 Å². The first-order chi connectivity index (χ1) is 12.6. The van der Waals surface area contributed by atoms with Crippen LogP contribution in [0.1, 0.15) is 31.2 Å². The fourth-order valence-corrected chi connectivity index (χ4v) is 4.60. The molecule has 1 aliphatic rings. The van der Waals surface area contributed by atoms with Gasteiger partial charge in [-0.15, -0.1) is 0 Å². The summed E-state index contributed by atoms with van der Waals surface area (Å²) >= 11 is 1.54. The van der Waals surface area contributed by atoms with Crippen LogP contribution < -0.4 is 10.6 Å². The van der Waals surface area contributed by atoms with Crippen molar-refractivity contribution in [2.45, 2.75) is 38.6 Å². The lowest BCUT2D eigenvalue weighted by Crippen LogP contribution is -2.29. The highest BCUT2D eigenvalue weighted by molar-refractivity contribution is 7.19. The van der Waals surface area contributed by atoms with Gasteiger partial charge in [0, 0.05) is 24.8 Å². The lowest BCUT2D eigenvalue weighted by atomic mass is 10.1. The van der Waals surface area contributed by atoms with Crippen molar-refractivity contribution in [1.29, 1.82) is 0 Å². The second-order valence-corrected chi connectivity index (χ2v) is 8.08. The van der Waals surface area contributed by atoms with E-state index in [0.29, 0.717) is 11.2 Å². The van der Waals surface area contributed by atoms with Gasteiger partial charge in [-0.25, -0.2) is 9.97 Å². The van der Waals surface area contributed by atoms with Crippen LogP contribution in [-0.2, 0) is 0 Å². The molecule has 0 radical (unpaired) electrons. The van der Waals surface area contributed by atoms with E-state index in [2.05, 4.69) is 65.2 Å². The molecule has 4 nitrogen and oxygen atoms in total. The summed E-state index contributed by atoms with van der Waals surface area (Å²) < 4.78 is 0. The number of aryl methyl sites for hydroxylation is 1. The Morgan fingerprint density at radius 2 is 1.92 bits per heavy atom. The Bertz CT molecular complexity index is 912. The van der Waals surface area contributed by atoms with E-state index in [1.807, 2.05) is 6.20 Å². The first-order valence-electron chi connectivity index (χ1n) is 9.14. The van der Waals surface area contributed by atoms with Gasteiger partial charge in [-0.1, -0.05) is 47.9 Å². The van der Waals surface area contributed by atoms with Crippen LogP contribution in [0.25, 0.3) is 21.7 Å². The van der Waals surface area contributed by atoms with E-state index >= 15 is 0 Å². The third kappa shape index (κ3) is 3.31. The molecule has 2 heterocycles. The van der Waals surface area contributed by atoms with Crippen LogP contribution in [0, 0.1) is 6.92 Å². The van der Waals surface area contributed by atoms with Crippen molar-refractivity contribution in [3.05, 3.63) is 48.2 Å². The molecule has 0 saturated heterocycles. The molecule has 1 fully saturated rings. The molecule has 2 N–H and O–H groups in total. The Balaban J connectivity index is 1.73. The maximum atomic E-state index is 6.07. The van der Waals surface area contributed by atoms with Gasteiger partial charge in [0.25, 0.3) is 0 Å². The number of benzene rings is 1. The molecule has 0 atom stereocenters. The molecule has 4 rings (SSSR count). The highest BCUT2D eigenvalue weighted by Gasteiger charge is 2.21. The number of aromatic nitrogens is 2. The number of hydrogen-bond acceptors (Lipinski definition) is 5. The summed E-state index contributed by atoms with van der Waals surface area (Å²) in [6.07, 6.45) is 7.04. The monoisotopic (exact) mass is 364 g/mol. The van der Waals surface area contributed by atoms with Crippen LogP contribution in [0.5, 0.6) is 0 Å². The highest BCUT2D eigenvalue weighted by atomic mass is 32.1. The van der Waals surface area contributed by atoms with E-state index in [9.17, 15) is 0 Å². The summed E-state index contributed by atoms with van der Waals surface area (Å²) in [4.78, 5) is 12.7. The van der Waals surface area contributed by atoms with Gasteiger partial charge >= 0.3 is 0 Å². The number of rotatable bonds is 4. The van der Waals surface area contributed by atoms with Crippen LogP contribution >= 0.6 is 11.3 Å². The quantitative estimate of drug-likeness (QED) is 0.696.